The van der Waals surface area contributed by atoms with Crippen molar-refractivity contribution in [3.63, 3.8) is 0 Å². The molecular weight excluding hydrogens is 241 g/mol. The van der Waals surface area contributed by atoms with Gasteiger partial charge in [-0.1, -0.05) is 26.0 Å². The molecule has 0 saturated carbocycles. The zero-order valence-electron chi connectivity index (χ0n) is 10.0. The fourth-order valence-corrected chi connectivity index (χ4v) is 1.37. The van der Waals surface area contributed by atoms with Gasteiger partial charge >= 0.3 is 0 Å². The van der Waals surface area contributed by atoms with Gasteiger partial charge in [-0.05, 0) is 23.6 Å². The molecule has 1 amide bonds. The monoisotopic (exact) mass is 257 g/mol. The van der Waals surface area contributed by atoms with E-state index < -0.39 is 0 Å². The maximum absolute atomic E-state index is 12.6. The average molecular weight is 258 g/mol. The smallest absolute Gasteiger partial charge is 0.224 e. The van der Waals surface area contributed by atoms with E-state index in [0.29, 0.717) is 12.5 Å². The number of carbonyl (C=O) groups excluding carboxylic acids is 1. The van der Waals surface area contributed by atoms with Crippen LogP contribution >= 0.6 is 11.6 Å². The first-order valence-electron chi connectivity index (χ1n) is 5.64. The van der Waals surface area contributed by atoms with E-state index in [2.05, 4.69) is 5.32 Å². The van der Waals surface area contributed by atoms with Gasteiger partial charge in [0.15, 0.2) is 0 Å². The summed E-state index contributed by atoms with van der Waals surface area (Å²) in [7, 11) is 0. The highest BCUT2D eigenvalue weighted by Crippen LogP contribution is 2.08. The van der Waals surface area contributed by atoms with Crippen LogP contribution < -0.4 is 5.32 Å². The number of hydrogen-bond acceptors (Lipinski definition) is 1. The fraction of sp³-hybridized carbons (Fsp3) is 0.462. The Morgan fingerprint density at radius 1 is 1.35 bits per heavy atom. The van der Waals surface area contributed by atoms with Crippen molar-refractivity contribution >= 4 is 17.5 Å². The van der Waals surface area contributed by atoms with Gasteiger partial charge in [0, 0.05) is 6.54 Å². The maximum atomic E-state index is 12.6. The largest absolute Gasteiger partial charge is 0.354 e. The summed E-state index contributed by atoms with van der Waals surface area (Å²) in [5.74, 6) is -0.0690. The number of alkyl halides is 1. The molecule has 17 heavy (non-hydrogen) atoms. The Hall–Kier alpha value is -1.09. The minimum atomic E-state index is -0.296. The first-order valence-corrected chi connectivity index (χ1v) is 6.08. The summed E-state index contributed by atoms with van der Waals surface area (Å²) in [6.45, 7) is 4.47. The van der Waals surface area contributed by atoms with Crippen LogP contribution in [0.25, 0.3) is 0 Å². The standard InChI is InChI=1S/C13H17ClFNO/c1-9(2)12(14)8-16-13(17)7-10-3-5-11(15)6-4-10/h3-6,9,12H,7-8H2,1-2H3,(H,16,17). The van der Waals surface area contributed by atoms with Crippen LogP contribution in [0.3, 0.4) is 0 Å². The molecule has 1 unspecified atom stereocenters. The zero-order chi connectivity index (χ0) is 12.8. The molecule has 0 radical (unpaired) electrons. The first-order chi connectivity index (χ1) is 7.99. The highest BCUT2D eigenvalue weighted by Gasteiger charge is 2.11. The van der Waals surface area contributed by atoms with Gasteiger partial charge < -0.3 is 5.32 Å². The molecule has 1 N–H and O–H groups in total. The Kier molecular flexibility index (Phi) is 5.42. The van der Waals surface area contributed by atoms with Crippen LogP contribution in [-0.4, -0.2) is 17.8 Å². The Bertz CT molecular complexity index is 364. The number of benzene rings is 1. The number of nitrogens with one attached hydrogen (secondary N) is 1. The van der Waals surface area contributed by atoms with Crippen LogP contribution in [0.1, 0.15) is 19.4 Å². The van der Waals surface area contributed by atoms with Crippen molar-refractivity contribution in [3.05, 3.63) is 35.6 Å². The number of carbonyl (C=O) groups is 1. The molecule has 4 heteroatoms. The lowest BCUT2D eigenvalue weighted by molar-refractivity contribution is -0.120. The van der Waals surface area contributed by atoms with E-state index in [1.54, 1.807) is 12.1 Å². The van der Waals surface area contributed by atoms with Gasteiger partial charge in [-0.3, -0.25) is 4.79 Å². The van der Waals surface area contributed by atoms with Crippen molar-refractivity contribution in [2.75, 3.05) is 6.54 Å². The molecule has 0 aromatic heterocycles. The Morgan fingerprint density at radius 3 is 2.47 bits per heavy atom. The molecular formula is C13H17ClFNO. The summed E-state index contributed by atoms with van der Waals surface area (Å²) in [6.07, 6.45) is 0.252. The van der Waals surface area contributed by atoms with E-state index in [1.807, 2.05) is 13.8 Å². The van der Waals surface area contributed by atoms with E-state index in [4.69, 9.17) is 11.6 Å². The van der Waals surface area contributed by atoms with Crippen molar-refractivity contribution in [2.24, 2.45) is 5.92 Å². The lowest BCUT2D eigenvalue weighted by Crippen LogP contribution is -2.32. The van der Waals surface area contributed by atoms with Crippen LogP contribution in [-0.2, 0) is 11.2 Å². The number of rotatable bonds is 5. The molecule has 1 aromatic carbocycles. The molecule has 2 nitrogen and oxygen atoms in total. The molecule has 1 rings (SSSR count). The molecule has 0 saturated heterocycles. The molecule has 0 bridgehead atoms. The first kappa shape index (κ1) is 14.0. The average Bonchev–Trinajstić information content (AvgIpc) is 2.29. The van der Waals surface area contributed by atoms with Gasteiger partial charge in [0.2, 0.25) is 5.91 Å². The van der Waals surface area contributed by atoms with Crippen molar-refractivity contribution in [3.8, 4) is 0 Å². The van der Waals surface area contributed by atoms with Crippen LogP contribution in [0.2, 0.25) is 0 Å². The topological polar surface area (TPSA) is 29.1 Å². The van der Waals surface area contributed by atoms with E-state index in [-0.39, 0.29) is 23.5 Å². The van der Waals surface area contributed by atoms with Gasteiger partial charge in [0.05, 0.1) is 11.8 Å². The molecule has 0 aliphatic heterocycles. The van der Waals surface area contributed by atoms with Gasteiger partial charge in [0.1, 0.15) is 5.82 Å². The molecule has 0 fully saturated rings. The molecule has 1 atom stereocenters. The van der Waals surface area contributed by atoms with Crippen molar-refractivity contribution in [1.29, 1.82) is 0 Å². The van der Waals surface area contributed by atoms with Gasteiger partial charge in [-0.25, -0.2) is 4.39 Å². The second-order valence-electron chi connectivity index (χ2n) is 4.37. The predicted octanol–water partition coefficient (Wildman–Crippen LogP) is 2.75. The zero-order valence-corrected chi connectivity index (χ0v) is 10.8. The van der Waals surface area contributed by atoms with E-state index >= 15 is 0 Å². The minimum Gasteiger partial charge on any atom is -0.354 e. The summed E-state index contributed by atoms with van der Waals surface area (Å²) in [4.78, 5) is 11.6. The predicted molar refractivity (Wildman–Crippen MR) is 67.6 cm³/mol. The van der Waals surface area contributed by atoms with Crippen LogP contribution in [0.5, 0.6) is 0 Å². The van der Waals surface area contributed by atoms with Crippen molar-refractivity contribution < 1.29 is 9.18 Å². The third-order valence-corrected chi connectivity index (χ3v) is 3.15. The molecule has 0 heterocycles. The minimum absolute atomic E-state index is 0.0628. The third kappa shape index (κ3) is 5.18. The number of amides is 1. The van der Waals surface area contributed by atoms with E-state index in [0.717, 1.165) is 5.56 Å². The Morgan fingerprint density at radius 2 is 1.94 bits per heavy atom. The van der Waals surface area contributed by atoms with Crippen LogP contribution in [0.4, 0.5) is 4.39 Å². The SMILES string of the molecule is CC(C)C(Cl)CNC(=O)Cc1ccc(F)cc1. The van der Waals surface area contributed by atoms with Crippen molar-refractivity contribution in [2.45, 2.75) is 25.6 Å². The fourth-order valence-electron chi connectivity index (χ4n) is 1.30. The summed E-state index contributed by atoms with van der Waals surface area (Å²) in [5, 5.41) is 2.70. The molecule has 1 aromatic rings. The van der Waals surface area contributed by atoms with Crippen LogP contribution in [0, 0.1) is 11.7 Å². The lowest BCUT2D eigenvalue weighted by Gasteiger charge is -2.14. The van der Waals surface area contributed by atoms with Gasteiger partial charge in [0.25, 0.3) is 0 Å². The molecule has 0 aliphatic rings. The molecule has 94 valence electrons. The normalized spacial score (nSPS) is 12.5. The van der Waals surface area contributed by atoms with E-state index in [9.17, 15) is 9.18 Å². The molecule has 0 aliphatic carbocycles. The number of halogens is 2. The Balaban J connectivity index is 2.37. The quantitative estimate of drug-likeness (QED) is 0.808. The summed E-state index contributed by atoms with van der Waals surface area (Å²) >= 11 is 6.02. The highest BCUT2D eigenvalue weighted by atomic mass is 35.5. The highest BCUT2D eigenvalue weighted by molar-refractivity contribution is 6.21. The second kappa shape index (κ2) is 6.60. The second-order valence-corrected chi connectivity index (χ2v) is 4.93. The summed E-state index contributed by atoms with van der Waals surface area (Å²) in [6, 6.07) is 5.91. The summed E-state index contributed by atoms with van der Waals surface area (Å²) < 4.78 is 12.6. The van der Waals surface area contributed by atoms with Crippen LogP contribution in [0.15, 0.2) is 24.3 Å². The number of hydrogen-bond donors (Lipinski definition) is 1. The Labute approximate surface area is 106 Å². The van der Waals surface area contributed by atoms with E-state index in [1.165, 1.54) is 12.1 Å². The van der Waals surface area contributed by atoms with Gasteiger partial charge in [-0.15, -0.1) is 11.6 Å². The lowest BCUT2D eigenvalue weighted by atomic mass is 10.1. The molecule has 0 spiro atoms. The third-order valence-electron chi connectivity index (χ3n) is 2.50. The van der Waals surface area contributed by atoms with Gasteiger partial charge in [-0.2, -0.15) is 0 Å². The maximum Gasteiger partial charge on any atom is 0.224 e. The van der Waals surface area contributed by atoms with Crippen molar-refractivity contribution in [1.82, 2.24) is 5.32 Å². The summed E-state index contributed by atoms with van der Waals surface area (Å²) in [5.41, 5.74) is 0.791.